The molecular formula is C18H21N3. The Kier molecular flexibility index (Phi) is 3.15. The van der Waals surface area contributed by atoms with Gasteiger partial charge in [-0.2, -0.15) is 0 Å². The third kappa shape index (κ3) is 2.22. The van der Waals surface area contributed by atoms with Gasteiger partial charge in [0, 0.05) is 36.3 Å². The quantitative estimate of drug-likeness (QED) is 0.710. The summed E-state index contributed by atoms with van der Waals surface area (Å²) in [5.74, 6) is 0.878. The van der Waals surface area contributed by atoms with Crippen molar-refractivity contribution in [2.75, 3.05) is 13.1 Å². The molecule has 0 aliphatic carbocycles. The van der Waals surface area contributed by atoms with Crippen molar-refractivity contribution in [3.05, 3.63) is 42.7 Å². The van der Waals surface area contributed by atoms with E-state index in [1.165, 1.54) is 47.7 Å². The normalized spacial score (nSPS) is 17.8. The maximum Gasteiger partial charge on any atom is 0.0757 e. The van der Waals surface area contributed by atoms with E-state index in [9.17, 15) is 0 Å². The second kappa shape index (κ2) is 5.15. The molecule has 0 atom stereocenters. The van der Waals surface area contributed by atoms with Crippen molar-refractivity contribution in [1.82, 2.24) is 14.5 Å². The van der Waals surface area contributed by atoms with E-state index < -0.39 is 0 Å². The lowest BCUT2D eigenvalue weighted by atomic mass is 10.00. The van der Waals surface area contributed by atoms with Crippen LogP contribution in [0.1, 0.15) is 19.8 Å². The zero-order valence-electron chi connectivity index (χ0n) is 12.5. The van der Waals surface area contributed by atoms with Gasteiger partial charge in [0.2, 0.25) is 0 Å². The van der Waals surface area contributed by atoms with Crippen molar-refractivity contribution < 1.29 is 0 Å². The average molecular weight is 279 g/mol. The molecule has 4 rings (SSSR count). The van der Waals surface area contributed by atoms with Gasteiger partial charge in [0.05, 0.1) is 17.7 Å². The number of pyridine rings is 1. The minimum Gasteiger partial charge on any atom is -0.327 e. The molecule has 0 radical (unpaired) electrons. The molecule has 1 aromatic carbocycles. The molecule has 0 amide bonds. The van der Waals surface area contributed by atoms with Gasteiger partial charge >= 0.3 is 0 Å². The van der Waals surface area contributed by atoms with Crippen LogP contribution in [0, 0.1) is 5.92 Å². The third-order valence-electron chi connectivity index (χ3n) is 4.79. The van der Waals surface area contributed by atoms with Gasteiger partial charge in [0.25, 0.3) is 0 Å². The molecule has 3 heterocycles. The monoisotopic (exact) mass is 279 g/mol. The van der Waals surface area contributed by atoms with Crippen LogP contribution in [0.3, 0.4) is 0 Å². The molecule has 3 heteroatoms. The molecule has 0 N–H and O–H groups in total. The van der Waals surface area contributed by atoms with Crippen LogP contribution in [0.15, 0.2) is 42.7 Å². The highest BCUT2D eigenvalue weighted by molar-refractivity contribution is 6.07. The van der Waals surface area contributed by atoms with Gasteiger partial charge < -0.3 is 4.57 Å². The lowest BCUT2D eigenvalue weighted by Gasteiger charge is -2.30. The van der Waals surface area contributed by atoms with Crippen LogP contribution in [0.5, 0.6) is 0 Å². The largest absolute Gasteiger partial charge is 0.327 e. The van der Waals surface area contributed by atoms with Crippen LogP contribution in [-0.2, 0) is 6.67 Å². The van der Waals surface area contributed by atoms with Crippen molar-refractivity contribution in [1.29, 1.82) is 0 Å². The number of para-hydroxylation sites is 1. The van der Waals surface area contributed by atoms with E-state index in [2.05, 4.69) is 51.7 Å². The molecule has 108 valence electrons. The Morgan fingerprint density at radius 1 is 1.05 bits per heavy atom. The first-order valence-electron chi connectivity index (χ1n) is 7.86. The molecular weight excluding hydrogens is 258 g/mol. The number of hydrogen-bond donors (Lipinski definition) is 0. The Hall–Kier alpha value is -1.87. The fourth-order valence-electron chi connectivity index (χ4n) is 3.45. The predicted molar refractivity (Wildman–Crippen MR) is 87.2 cm³/mol. The van der Waals surface area contributed by atoms with E-state index in [0.29, 0.717) is 0 Å². The molecule has 1 aliphatic heterocycles. The van der Waals surface area contributed by atoms with Crippen molar-refractivity contribution in [2.45, 2.75) is 26.4 Å². The summed E-state index contributed by atoms with van der Waals surface area (Å²) in [5, 5.41) is 2.57. The minimum absolute atomic E-state index is 0.878. The zero-order chi connectivity index (χ0) is 14.2. The standard InChI is InChI=1S/C18H21N3/c1-14-7-10-20(11-8-14)13-21-17-5-3-2-4-15(17)16-12-19-9-6-18(16)21/h2-6,9,12,14H,7-8,10-11,13H2,1H3. The number of nitrogens with zero attached hydrogens (tertiary/aromatic N) is 3. The highest BCUT2D eigenvalue weighted by atomic mass is 15.2. The molecule has 1 saturated heterocycles. The summed E-state index contributed by atoms with van der Waals surface area (Å²) in [6.07, 6.45) is 6.53. The fraction of sp³-hybridized carbons (Fsp3) is 0.389. The molecule has 1 fully saturated rings. The van der Waals surface area contributed by atoms with Gasteiger partial charge in [0.15, 0.2) is 0 Å². The van der Waals surface area contributed by atoms with Crippen LogP contribution in [0.2, 0.25) is 0 Å². The van der Waals surface area contributed by atoms with E-state index in [4.69, 9.17) is 0 Å². The predicted octanol–water partition coefficient (Wildman–Crippen LogP) is 3.88. The van der Waals surface area contributed by atoms with Crippen LogP contribution in [-0.4, -0.2) is 27.5 Å². The van der Waals surface area contributed by atoms with Crippen molar-refractivity contribution in [3.63, 3.8) is 0 Å². The number of likely N-dealkylation sites (tertiary alicyclic amines) is 1. The van der Waals surface area contributed by atoms with Crippen LogP contribution in [0.25, 0.3) is 21.8 Å². The first-order chi connectivity index (χ1) is 10.3. The molecule has 0 saturated carbocycles. The Labute approximate surface area is 125 Å². The topological polar surface area (TPSA) is 21.1 Å². The van der Waals surface area contributed by atoms with Gasteiger partial charge in [-0.25, -0.2) is 0 Å². The summed E-state index contributed by atoms with van der Waals surface area (Å²) in [5.41, 5.74) is 2.61. The first-order valence-corrected chi connectivity index (χ1v) is 7.86. The summed E-state index contributed by atoms with van der Waals surface area (Å²) in [4.78, 5) is 6.88. The van der Waals surface area contributed by atoms with Crippen LogP contribution >= 0.6 is 0 Å². The van der Waals surface area contributed by atoms with Gasteiger partial charge in [-0.3, -0.25) is 9.88 Å². The highest BCUT2D eigenvalue weighted by Gasteiger charge is 2.18. The zero-order valence-corrected chi connectivity index (χ0v) is 12.5. The first kappa shape index (κ1) is 12.8. The number of rotatable bonds is 2. The maximum absolute atomic E-state index is 4.31. The number of fused-ring (bicyclic) bond motifs is 3. The second-order valence-electron chi connectivity index (χ2n) is 6.28. The fourth-order valence-corrected chi connectivity index (χ4v) is 3.45. The molecule has 3 nitrogen and oxygen atoms in total. The van der Waals surface area contributed by atoms with Crippen molar-refractivity contribution in [2.24, 2.45) is 5.92 Å². The van der Waals surface area contributed by atoms with Gasteiger partial charge in [-0.05, 0) is 30.9 Å². The smallest absolute Gasteiger partial charge is 0.0757 e. The Balaban J connectivity index is 1.79. The molecule has 0 spiro atoms. The van der Waals surface area contributed by atoms with E-state index in [1.807, 2.05) is 12.4 Å². The van der Waals surface area contributed by atoms with E-state index in [0.717, 1.165) is 12.6 Å². The molecule has 2 aromatic heterocycles. The van der Waals surface area contributed by atoms with Gasteiger partial charge in [0.1, 0.15) is 0 Å². The lowest BCUT2D eigenvalue weighted by molar-refractivity contribution is 0.158. The van der Waals surface area contributed by atoms with Crippen LogP contribution < -0.4 is 0 Å². The van der Waals surface area contributed by atoms with E-state index in [-0.39, 0.29) is 0 Å². The Bertz CT molecular complexity index is 713. The molecule has 21 heavy (non-hydrogen) atoms. The van der Waals surface area contributed by atoms with Gasteiger partial charge in [-0.1, -0.05) is 25.1 Å². The number of piperidine rings is 1. The second-order valence-corrected chi connectivity index (χ2v) is 6.28. The number of hydrogen-bond acceptors (Lipinski definition) is 2. The Morgan fingerprint density at radius 3 is 2.67 bits per heavy atom. The highest BCUT2D eigenvalue weighted by Crippen LogP contribution is 2.29. The summed E-state index contributed by atoms with van der Waals surface area (Å²) < 4.78 is 2.45. The summed E-state index contributed by atoms with van der Waals surface area (Å²) in [6.45, 7) is 5.77. The van der Waals surface area contributed by atoms with Crippen molar-refractivity contribution in [3.8, 4) is 0 Å². The molecule has 0 bridgehead atoms. The minimum atomic E-state index is 0.878. The third-order valence-corrected chi connectivity index (χ3v) is 4.79. The van der Waals surface area contributed by atoms with Gasteiger partial charge in [-0.15, -0.1) is 0 Å². The number of aromatic nitrogens is 2. The Morgan fingerprint density at radius 2 is 1.81 bits per heavy atom. The number of benzene rings is 1. The van der Waals surface area contributed by atoms with E-state index in [1.54, 1.807) is 0 Å². The van der Waals surface area contributed by atoms with E-state index >= 15 is 0 Å². The summed E-state index contributed by atoms with van der Waals surface area (Å²) in [6, 6.07) is 10.8. The average Bonchev–Trinajstić information content (AvgIpc) is 2.85. The SMILES string of the molecule is CC1CCN(Cn2c3ccccc3c3cnccc32)CC1. The molecule has 1 aliphatic rings. The molecule has 3 aromatic rings. The summed E-state index contributed by atoms with van der Waals surface area (Å²) >= 11 is 0. The summed E-state index contributed by atoms with van der Waals surface area (Å²) in [7, 11) is 0. The van der Waals surface area contributed by atoms with Crippen molar-refractivity contribution >= 4 is 21.8 Å². The van der Waals surface area contributed by atoms with Crippen LogP contribution in [0.4, 0.5) is 0 Å². The molecule has 0 unspecified atom stereocenters. The lowest BCUT2D eigenvalue weighted by Crippen LogP contribution is -2.34. The maximum atomic E-state index is 4.31.